The lowest BCUT2D eigenvalue weighted by atomic mass is 10.1. The van der Waals surface area contributed by atoms with Crippen LogP contribution in [0.15, 0.2) is 24.3 Å². The summed E-state index contributed by atoms with van der Waals surface area (Å²) in [6.07, 6.45) is 0.306. The largest absolute Gasteiger partial charge is 0.349 e. The van der Waals surface area contributed by atoms with E-state index in [9.17, 15) is 22.4 Å². The normalized spacial score (nSPS) is 12.5. The molecule has 0 heterocycles. The van der Waals surface area contributed by atoms with E-state index in [0.717, 1.165) is 0 Å². The minimum Gasteiger partial charge on any atom is -0.349 e. The van der Waals surface area contributed by atoms with Crippen LogP contribution >= 0.6 is 0 Å². The molecule has 0 aromatic heterocycles. The van der Waals surface area contributed by atoms with Gasteiger partial charge in [-0.15, -0.1) is 0 Å². The van der Waals surface area contributed by atoms with Gasteiger partial charge in [-0.05, 0) is 31.0 Å². The van der Waals surface area contributed by atoms with Crippen molar-refractivity contribution in [1.29, 1.82) is 0 Å². The average Bonchev–Trinajstić information content (AvgIpc) is 2.46. The molecule has 1 aromatic carbocycles. The Balaban J connectivity index is 2.47. The Labute approximate surface area is 142 Å². The Hall–Kier alpha value is -1.96. The Morgan fingerprint density at radius 2 is 1.79 bits per heavy atom. The summed E-state index contributed by atoms with van der Waals surface area (Å²) in [6.45, 7) is 1.69. The maximum absolute atomic E-state index is 12.9. The second-order valence-corrected chi connectivity index (χ2v) is 8.01. The van der Waals surface area contributed by atoms with Crippen molar-refractivity contribution in [3.05, 3.63) is 35.6 Å². The highest BCUT2D eigenvalue weighted by Gasteiger charge is 2.19. The second-order valence-electron chi connectivity index (χ2n) is 5.82. The van der Waals surface area contributed by atoms with Crippen molar-refractivity contribution < 1.29 is 22.4 Å². The summed E-state index contributed by atoms with van der Waals surface area (Å²) < 4.78 is 36.7. The van der Waals surface area contributed by atoms with E-state index >= 15 is 0 Å². The summed E-state index contributed by atoms with van der Waals surface area (Å²) in [5.74, 6) is -2.00. The predicted octanol–water partition coefficient (Wildman–Crippen LogP) is 1.29. The molecule has 0 aliphatic rings. The highest BCUT2D eigenvalue weighted by atomic mass is 32.2. The van der Waals surface area contributed by atoms with Crippen LogP contribution in [0.2, 0.25) is 0 Å². The number of rotatable bonds is 8. The first kappa shape index (κ1) is 20.1. The van der Waals surface area contributed by atoms with Gasteiger partial charge >= 0.3 is 0 Å². The zero-order chi connectivity index (χ0) is 18.3. The number of hydrogen-bond acceptors (Lipinski definition) is 4. The fraction of sp³-hybridized carbons (Fsp3) is 0.500. The number of benzene rings is 1. The Morgan fingerprint density at radius 1 is 1.21 bits per heavy atom. The smallest absolute Gasteiger partial charge is 0.235 e. The molecule has 0 fully saturated rings. The van der Waals surface area contributed by atoms with Crippen molar-refractivity contribution in [3.8, 4) is 0 Å². The number of amides is 2. The van der Waals surface area contributed by atoms with Crippen LogP contribution in [-0.4, -0.2) is 50.7 Å². The zero-order valence-electron chi connectivity index (χ0n) is 14.1. The highest BCUT2D eigenvalue weighted by Crippen LogP contribution is 2.12. The first-order valence-corrected chi connectivity index (χ1v) is 9.38. The molecule has 8 heteroatoms. The van der Waals surface area contributed by atoms with Crippen molar-refractivity contribution >= 4 is 21.7 Å². The molecule has 1 atom stereocenters. The number of carbonyl (C=O) groups excluding carboxylic acids is 2. The van der Waals surface area contributed by atoms with Gasteiger partial charge in [0.25, 0.3) is 0 Å². The summed E-state index contributed by atoms with van der Waals surface area (Å²) in [5, 5.41) is 2.57. The molecule has 6 nitrogen and oxygen atoms in total. The van der Waals surface area contributed by atoms with Crippen molar-refractivity contribution in [3.63, 3.8) is 0 Å². The molecule has 0 spiro atoms. The Kier molecular flexibility index (Phi) is 7.34. The van der Waals surface area contributed by atoms with Gasteiger partial charge in [-0.2, -0.15) is 0 Å². The number of halogens is 1. The number of carbonyl (C=O) groups is 2. The molecule has 134 valence electrons. The SMILES string of the molecule is CC(NC(=O)CS(=O)(=O)CCCC(=O)N(C)C)c1ccc(F)cc1. The fourth-order valence-electron chi connectivity index (χ4n) is 2.06. The van der Waals surface area contributed by atoms with Gasteiger partial charge in [-0.3, -0.25) is 9.59 Å². The molecule has 0 aliphatic heterocycles. The maximum Gasteiger partial charge on any atom is 0.235 e. The van der Waals surface area contributed by atoms with Crippen LogP contribution in [0.3, 0.4) is 0 Å². The van der Waals surface area contributed by atoms with Gasteiger partial charge in [0.1, 0.15) is 11.6 Å². The third-order valence-corrected chi connectivity index (χ3v) is 5.06. The van der Waals surface area contributed by atoms with Gasteiger partial charge in [0.15, 0.2) is 9.84 Å². The lowest BCUT2D eigenvalue weighted by molar-refractivity contribution is -0.128. The number of sulfone groups is 1. The summed E-state index contributed by atoms with van der Waals surface area (Å²) in [5.41, 5.74) is 0.679. The molecule has 0 bridgehead atoms. The lowest BCUT2D eigenvalue weighted by Gasteiger charge is -2.14. The van der Waals surface area contributed by atoms with E-state index in [1.54, 1.807) is 21.0 Å². The van der Waals surface area contributed by atoms with Crippen LogP contribution in [0.4, 0.5) is 4.39 Å². The molecule has 24 heavy (non-hydrogen) atoms. The summed E-state index contributed by atoms with van der Waals surface area (Å²) in [7, 11) is -0.383. The van der Waals surface area contributed by atoms with Gasteiger partial charge in [0.05, 0.1) is 11.8 Å². The molecule has 1 aromatic rings. The first-order chi connectivity index (χ1) is 11.1. The Bertz CT molecular complexity index is 672. The number of hydrogen-bond donors (Lipinski definition) is 1. The Morgan fingerprint density at radius 3 is 2.33 bits per heavy atom. The second kappa shape index (κ2) is 8.77. The highest BCUT2D eigenvalue weighted by molar-refractivity contribution is 7.92. The topological polar surface area (TPSA) is 83.5 Å². The third-order valence-electron chi connectivity index (χ3n) is 3.44. The molecule has 2 amide bonds. The molecule has 0 radical (unpaired) electrons. The van der Waals surface area contributed by atoms with Gasteiger partial charge in [-0.1, -0.05) is 12.1 Å². The van der Waals surface area contributed by atoms with Crippen molar-refractivity contribution in [2.75, 3.05) is 25.6 Å². The lowest BCUT2D eigenvalue weighted by Crippen LogP contribution is -2.33. The van der Waals surface area contributed by atoms with Crippen LogP contribution in [0.5, 0.6) is 0 Å². The molecule has 0 saturated heterocycles. The van der Waals surface area contributed by atoms with Crippen LogP contribution in [0.1, 0.15) is 31.4 Å². The van der Waals surface area contributed by atoms with Gasteiger partial charge in [0, 0.05) is 20.5 Å². The van der Waals surface area contributed by atoms with Crippen LogP contribution in [-0.2, 0) is 19.4 Å². The summed E-state index contributed by atoms with van der Waals surface area (Å²) in [6, 6.07) is 5.18. The van der Waals surface area contributed by atoms with E-state index < -0.39 is 27.5 Å². The number of nitrogens with zero attached hydrogens (tertiary/aromatic N) is 1. The molecule has 0 aliphatic carbocycles. The zero-order valence-corrected chi connectivity index (χ0v) is 14.9. The third kappa shape index (κ3) is 7.08. The van der Waals surface area contributed by atoms with E-state index in [-0.39, 0.29) is 30.3 Å². The molecule has 0 saturated carbocycles. The van der Waals surface area contributed by atoms with Crippen LogP contribution < -0.4 is 5.32 Å². The van der Waals surface area contributed by atoms with Gasteiger partial charge < -0.3 is 10.2 Å². The number of nitrogens with one attached hydrogen (secondary N) is 1. The van der Waals surface area contributed by atoms with E-state index in [1.165, 1.54) is 29.2 Å². The minimum atomic E-state index is -3.58. The first-order valence-electron chi connectivity index (χ1n) is 7.56. The molecule has 1 unspecified atom stereocenters. The molecule has 1 N–H and O–H groups in total. The van der Waals surface area contributed by atoms with Crippen LogP contribution in [0, 0.1) is 5.82 Å². The average molecular weight is 358 g/mol. The van der Waals surface area contributed by atoms with Gasteiger partial charge in [0.2, 0.25) is 11.8 Å². The van der Waals surface area contributed by atoms with E-state index in [0.29, 0.717) is 5.56 Å². The predicted molar refractivity (Wildman–Crippen MR) is 89.5 cm³/mol. The monoisotopic (exact) mass is 358 g/mol. The fourth-order valence-corrected chi connectivity index (χ4v) is 3.27. The van der Waals surface area contributed by atoms with E-state index in [4.69, 9.17) is 0 Å². The summed E-state index contributed by atoms with van der Waals surface area (Å²) in [4.78, 5) is 24.7. The minimum absolute atomic E-state index is 0.125. The van der Waals surface area contributed by atoms with Crippen LogP contribution in [0.25, 0.3) is 0 Å². The standard InChI is InChI=1S/C16H23FN2O4S/c1-12(13-6-8-14(17)9-7-13)18-15(20)11-24(22,23)10-4-5-16(21)19(2)3/h6-9,12H,4-5,10-11H2,1-3H3,(H,18,20). The molecule has 1 rings (SSSR count). The van der Waals surface area contributed by atoms with Crippen molar-refractivity contribution in [2.24, 2.45) is 0 Å². The van der Waals surface area contributed by atoms with Crippen molar-refractivity contribution in [1.82, 2.24) is 10.2 Å². The molecular weight excluding hydrogens is 335 g/mol. The van der Waals surface area contributed by atoms with E-state index in [2.05, 4.69) is 5.32 Å². The molecular formula is C16H23FN2O4S. The summed E-state index contributed by atoms with van der Waals surface area (Å²) >= 11 is 0. The maximum atomic E-state index is 12.9. The van der Waals surface area contributed by atoms with E-state index in [1.807, 2.05) is 0 Å². The quantitative estimate of drug-likeness (QED) is 0.759. The van der Waals surface area contributed by atoms with Gasteiger partial charge in [-0.25, -0.2) is 12.8 Å². The van der Waals surface area contributed by atoms with Crippen molar-refractivity contribution in [2.45, 2.75) is 25.8 Å².